The van der Waals surface area contributed by atoms with E-state index in [4.69, 9.17) is 0 Å². The minimum Gasteiger partial charge on any atom is -0.810 e. The van der Waals surface area contributed by atoms with Crippen LogP contribution in [0.2, 0.25) is 0 Å². The molecule has 0 aliphatic heterocycles. The highest BCUT2D eigenvalue weighted by molar-refractivity contribution is 6.11. The van der Waals surface area contributed by atoms with E-state index in [-0.39, 0.29) is 6.54 Å². The number of allylic oxidation sites excluding steroid dienone is 1. The first-order valence-corrected chi connectivity index (χ1v) is 8.94. The van der Waals surface area contributed by atoms with E-state index in [1.165, 1.54) is 6.20 Å². The first kappa shape index (κ1) is 19.3. The average Bonchev–Trinajstić information content (AvgIpc) is 2.71. The van der Waals surface area contributed by atoms with E-state index >= 15 is 0 Å². The highest BCUT2D eigenvalue weighted by Crippen LogP contribution is 2.21. The van der Waals surface area contributed by atoms with Gasteiger partial charge in [-0.05, 0) is 41.3 Å². The number of anilines is 2. The number of rotatable bonds is 8. The van der Waals surface area contributed by atoms with Crippen molar-refractivity contribution in [2.45, 2.75) is 19.8 Å². The SMILES string of the molecule is CC(C)c1cnnc(Nc2ccc3ncc(/C(C=[N-])=C/NCCF)cc3n2)c1. The molecular weight excluding hydrogens is 357 g/mol. The predicted molar refractivity (Wildman–Crippen MR) is 110 cm³/mol. The molecule has 0 saturated carbocycles. The van der Waals surface area contributed by atoms with Gasteiger partial charge in [0.1, 0.15) is 12.5 Å². The minimum atomic E-state index is -0.497. The second-order valence-electron chi connectivity index (χ2n) is 6.48. The average molecular weight is 378 g/mol. The smallest absolute Gasteiger partial charge is 0.154 e. The Balaban J connectivity index is 1.88. The van der Waals surface area contributed by atoms with E-state index < -0.39 is 6.67 Å². The Morgan fingerprint density at radius 3 is 2.79 bits per heavy atom. The van der Waals surface area contributed by atoms with Crippen molar-refractivity contribution in [2.24, 2.45) is 0 Å². The highest BCUT2D eigenvalue weighted by atomic mass is 19.1. The van der Waals surface area contributed by atoms with Crippen LogP contribution in [0, 0.1) is 0 Å². The second kappa shape index (κ2) is 8.98. The molecule has 0 radical (unpaired) electrons. The van der Waals surface area contributed by atoms with Gasteiger partial charge in [0.05, 0.1) is 17.2 Å². The number of nitrogens with zero attached hydrogens (tertiary/aromatic N) is 5. The van der Waals surface area contributed by atoms with Gasteiger partial charge >= 0.3 is 0 Å². The summed E-state index contributed by atoms with van der Waals surface area (Å²) in [6, 6.07) is 7.41. The molecule has 8 heteroatoms. The molecule has 0 spiro atoms. The Labute approximate surface area is 162 Å². The fraction of sp³-hybridized carbons (Fsp3) is 0.250. The van der Waals surface area contributed by atoms with Crippen molar-refractivity contribution in [3.8, 4) is 0 Å². The predicted octanol–water partition coefficient (Wildman–Crippen LogP) is 3.83. The van der Waals surface area contributed by atoms with Crippen LogP contribution in [0.1, 0.15) is 30.9 Å². The molecule has 2 N–H and O–H groups in total. The van der Waals surface area contributed by atoms with Crippen molar-refractivity contribution in [3.63, 3.8) is 0 Å². The molecule has 3 rings (SSSR count). The fourth-order valence-electron chi connectivity index (χ4n) is 2.56. The maximum Gasteiger partial charge on any atom is 0.154 e. The number of hydrogen-bond acceptors (Lipinski definition) is 6. The molecule has 0 fully saturated rings. The van der Waals surface area contributed by atoms with E-state index in [2.05, 4.69) is 44.6 Å². The van der Waals surface area contributed by atoms with Gasteiger partial charge in [0, 0.05) is 24.5 Å². The van der Waals surface area contributed by atoms with Crippen LogP contribution in [0.15, 0.2) is 42.9 Å². The number of alkyl halides is 1. The lowest BCUT2D eigenvalue weighted by Gasteiger charge is -2.10. The third-order valence-corrected chi connectivity index (χ3v) is 4.10. The molecule has 0 bridgehead atoms. The first-order valence-electron chi connectivity index (χ1n) is 8.94. The van der Waals surface area contributed by atoms with Crippen LogP contribution in [-0.2, 0) is 0 Å². The maximum absolute atomic E-state index is 12.2. The molecule has 0 saturated heterocycles. The monoisotopic (exact) mass is 378 g/mol. The summed E-state index contributed by atoms with van der Waals surface area (Å²) in [7, 11) is 0. The quantitative estimate of drug-likeness (QED) is 0.457. The van der Waals surface area contributed by atoms with Gasteiger partial charge in [0.2, 0.25) is 0 Å². The molecule has 144 valence electrons. The van der Waals surface area contributed by atoms with Gasteiger partial charge in [-0.25, -0.2) is 9.37 Å². The van der Waals surface area contributed by atoms with Crippen LogP contribution in [0.25, 0.3) is 22.0 Å². The van der Waals surface area contributed by atoms with Crippen LogP contribution in [0.3, 0.4) is 0 Å². The third kappa shape index (κ3) is 4.64. The Morgan fingerprint density at radius 1 is 1.18 bits per heavy atom. The summed E-state index contributed by atoms with van der Waals surface area (Å²) in [5.74, 6) is 1.57. The van der Waals surface area contributed by atoms with Crippen LogP contribution in [-0.4, -0.2) is 39.6 Å². The van der Waals surface area contributed by atoms with E-state index in [1.807, 2.05) is 18.2 Å². The van der Waals surface area contributed by atoms with Crippen LogP contribution < -0.4 is 10.6 Å². The van der Waals surface area contributed by atoms with Crippen LogP contribution in [0.4, 0.5) is 16.0 Å². The minimum absolute atomic E-state index is 0.168. The van der Waals surface area contributed by atoms with Crippen LogP contribution in [0.5, 0.6) is 0 Å². The maximum atomic E-state index is 12.2. The number of fused-ring (bicyclic) bond motifs is 1. The largest absolute Gasteiger partial charge is 0.810 e. The van der Waals surface area contributed by atoms with Crippen LogP contribution >= 0.6 is 0 Å². The molecular formula is C20H21FN7-. The lowest BCUT2D eigenvalue weighted by molar-refractivity contribution is 0.487. The lowest BCUT2D eigenvalue weighted by Crippen LogP contribution is -2.09. The van der Waals surface area contributed by atoms with E-state index in [1.54, 1.807) is 18.5 Å². The molecule has 3 aromatic heterocycles. The Bertz CT molecular complexity index is 1000. The van der Waals surface area contributed by atoms with Gasteiger partial charge in [0.25, 0.3) is 0 Å². The summed E-state index contributed by atoms with van der Waals surface area (Å²) < 4.78 is 12.2. The number of halogens is 1. The summed E-state index contributed by atoms with van der Waals surface area (Å²) >= 11 is 0. The summed E-state index contributed by atoms with van der Waals surface area (Å²) in [5, 5.41) is 23.5. The van der Waals surface area contributed by atoms with Gasteiger partial charge in [0.15, 0.2) is 5.82 Å². The van der Waals surface area contributed by atoms with Crippen molar-refractivity contribution >= 4 is 34.5 Å². The van der Waals surface area contributed by atoms with Crippen molar-refractivity contribution < 1.29 is 4.39 Å². The van der Waals surface area contributed by atoms with Gasteiger partial charge in [-0.2, -0.15) is 11.3 Å². The summed E-state index contributed by atoms with van der Waals surface area (Å²) in [5.41, 5.74) is 3.58. The first-order chi connectivity index (χ1) is 13.6. The molecule has 0 aliphatic carbocycles. The van der Waals surface area contributed by atoms with Crippen molar-refractivity contribution in [3.05, 3.63) is 59.4 Å². The zero-order valence-corrected chi connectivity index (χ0v) is 15.7. The second-order valence-corrected chi connectivity index (χ2v) is 6.48. The fourth-order valence-corrected chi connectivity index (χ4v) is 2.56. The molecule has 28 heavy (non-hydrogen) atoms. The molecule has 0 atom stereocenters. The van der Waals surface area contributed by atoms with Crippen molar-refractivity contribution in [1.82, 2.24) is 25.5 Å². The number of aromatic nitrogens is 4. The van der Waals surface area contributed by atoms with Crippen molar-refractivity contribution in [2.75, 3.05) is 18.5 Å². The summed E-state index contributed by atoms with van der Waals surface area (Å²) in [6.45, 7) is 3.85. The van der Waals surface area contributed by atoms with Gasteiger partial charge in [-0.1, -0.05) is 13.8 Å². The standard InChI is InChI=1S/C20H21FN7/c1-13(2)14-8-20(28-25-12-14)27-19-4-3-17-18(26-19)7-15(11-24-17)16(9-22)10-23-6-5-21/h3-4,7-13,23H,5-6H2,1-2H3,(H,26,27,28)/q-1/b16-10+. The number of hydrogen-bond donors (Lipinski definition) is 2. The van der Waals surface area contributed by atoms with E-state index in [9.17, 15) is 9.80 Å². The normalized spacial score (nSPS) is 11.6. The molecule has 3 heterocycles. The molecule has 0 unspecified atom stereocenters. The summed E-state index contributed by atoms with van der Waals surface area (Å²) in [4.78, 5) is 8.95. The van der Waals surface area contributed by atoms with Crippen molar-refractivity contribution in [1.29, 1.82) is 0 Å². The zero-order valence-electron chi connectivity index (χ0n) is 15.7. The third-order valence-electron chi connectivity index (χ3n) is 4.10. The molecule has 3 aromatic rings. The van der Waals surface area contributed by atoms with E-state index in [0.717, 1.165) is 11.8 Å². The molecule has 0 amide bonds. The Hall–Kier alpha value is -3.42. The Kier molecular flexibility index (Phi) is 6.21. The van der Waals surface area contributed by atoms with Gasteiger partial charge in [-0.15, -0.1) is 5.10 Å². The topological polar surface area (TPSA) is 97.9 Å². The van der Waals surface area contributed by atoms with E-state index in [0.29, 0.717) is 39.7 Å². The molecule has 0 aromatic carbocycles. The number of pyridine rings is 2. The zero-order chi connectivity index (χ0) is 19.9. The number of nitrogens with one attached hydrogen (secondary N) is 2. The molecule has 7 nitrogen and oxygen atoms in total. The van der Waals surface area contributed by atoms with Gasteiger partial charge < -0.3 is 16.0 Å². The summed E-state index contributed by atoms with van der Waals surface area (Å²) in [6.07, 6.45) is 5.86. The Morgan fingerprint density at radius 2 is 2.04 bits per heavy atom. The lowest BCUT2D eigenvalue weighted by atomic mass is 10.1. The highest BCUT2D eigenvalue weighted by Gasteiger charge is 2.06. The molecule has 0 aliphatic rings. The van der Waals surface area contributed by atoms with Gasteiger partial charge in [-0.3, -0.25) is 4.98 Å².